The summed E-state index contributed by atoms with van der Waals surface area (Å²) in [4.78, 5) is 0. The van der Waals surface area contributed by atoms with Crippen LogP contribution in [-0.4, -0.2) is 15.3 Å². The molecular formula is C5H5N2O2. The van der Waals surface area contributed by atoms with Crippen molar-refractivity contribution >= 4 is 0 Å². The van der Waals surface area contributed by atoms with Gasteiger partial charge in [-0.2, -0.15) is 0 Å². The lowest BCUT2D eigenvalue weighted by Crippen LogP contribution is -2.03. The maximum Gasteiger partial charge on any atom is 0.306 e. The second kappa shape index (κ2) is 1.33. The molecule has 1 radical (unpaired) electrons. The SMILES string of the molecule is OC1(c2nn[c]o2)CC1. The number of rotatable bonds is 1. The van der Waals surface area contributed by atoms with Crippen molar-refractivity contribution in [2.45, 2.75) is 18.4 Å². The molecule has 1 aromatic heterocycles. The van der Waals surface area contributed by atoms with E-state index in [9.17, 15) is 5.11 Å². The third-order valence-electron chi connectivity index (χ3n) is 1.45. The van der Waals surface area contributed by atoms with E-state index in [0.717, 1.165) is 12.8 Å². The Labute approximate surface area is 51.5 Å². The fourth-order valence-electron chi connectivity index (χ4n) is 0.670. The predicted octanol–water partition coefficient (Wildman–Crippen LogP) is -0.149. The molecule has 1 aliphatic rings. The Morgan fingerprint density at radius 2 is 2.44 bits per heavy atom. The summed E-state index contributed by atoms with van der Waals surface area (Å²) in [7, 11) is 0. The van der Waals surface area contributed by atoms with Crippen molar-refractivity contribution in [1.82, 2.24) is 10.2 Å². The Bertz CT molecular complexity index is 203. The molecule has 0 amide bonds. The first-order valence-corrected chi connectivity index (χ1v) is 2.74. The zero-order valence-corrected chi connectivity index (χ0v) is 4.66. The van der Waals surface area contributed by atoms with Crippen molar-refractivity contribution < 1.29 is 9.52 Å². The van der Waals surface area contributed by atoms with Crippen molar-refractivity contribution in [3.63, 3.8) is 0 Å². The molecule has 1 aromatic rings. The van der Waals surface area contributed by atoms with Crippen molar-refractivity contribution in [3.8, 4) is 0 Å². The molecule has 9 heavy (non-hydrogen) atoms. The lowest BCUT2D eigenvalue weighted by Gasteiger charge is -1.95. The Hall–Kier alpha value is -0.900. The summed E-state index contributed by atoms with van der Waals surface area (Å²) in [5, 5.41) is 16.1. The second-order valence-electron chi connectivity index (χ2n) is 2.23. The molecule has 1 N–H and O–H groups in total. The maximum atomic E-state index is 9.27. The van der Waals surface area contributed by atoms with E-state index in [-0.39, 0.29) is 0 Å². The first kappa shape index (κ1) is 4.93. The highest BCUT2D eigenvalue weighted by atomic mass is 16.4. The third kappa shape index (κ3) is 0.632. The first-order valence-electron chi connectivity index (χ1n) is 2.74. The topological polar surface area (TPSA) is 59.2 Å². The van der Waals surface area contributed by atoms with Gasteiger partial charge in [-0.1, -0.05) is 0 Å². The highest BCUT2D eigenvalue weighted by Crippen LogP contribution is 2.43. The highest BCUT2D eigenvalue weighted by molar-refractivity contribution is 5.05. The molecule has 0 aliphatic heterocycles. The van der Waals surface area contributed by atoms with Gasteiger partial charge in [0.1, 0.15) is 5.60 Å². The zero-order chi connectivity index (χ0) is 6.32. The van der Waals surface area contributed by atoms with E-state index in [1.807, 2.05) is 0 Å². The van der Waals surface area contributed by atoms with Crippen molar-refractivity contribution in [2.24, 2.45) is 0 Å². The average molecular weight is 125 g/mol. The number of aliphatic hydroxyl groups is 1. The van der Waals surface area contributed by atoms with Crippen molar-refractivity contribution in [1.29, 1.82) is 0 Å². The van der Waals surface area contributed by atoms with Gasteiger partial charge >= 0.3 is 6.39 Å². The summed E-state index contributed by atoms with van der Waals surface area (Å²) in [6, 6.07) is 0. The zero-order valence-electron chi connectivity index (χ0n) is 4.66. The van der Waals surface area contributed by atoms with Crippen LogP contribution in [0.5, 0.6) is 0 Å². The molecule has 0 unspecified atom stereocenters. The lowest BCUT2D eigenvalue weighted by molar-refractivity contribution is 0.116. The number of hydrogen-bond acceptors (Lipinski definition) is 4. The molecule has 0 saturated heterocycles. The van der Waals surface area contributed by atoms with Gasteiger partial charge < -0.3 is 9.52 Å². The van der Waals surface area contributed by atoms with Crippen LogP contribution in [0.3, 0.4) is 0 Å². The van der Waals surface area contributed by atoms with Crippen LogP contribution in [0.25, 0.3) is 0 Å². The lowest BCUT2D eigenvalue weighted by atomic mass is 10.3. The van der Waals surface area contributed by atoms with E-state index in [1.54, 1.807) is 0 Å². The van der Waals surface area contributed by atoms with Crippen LogP contribution in [-0.2, 0) is 5.60 Å². The van der Waals surface area contributed by atoms with Crippen molar-refractivity contribution in [3.05, 3.63) is 12.3 Å². The molecule has 1 aliphatic carbocycles. The molecule has 1 saturated carbocycles. The van der Waals surface area contributed by atoms with Crippen LogP contribution in [0.2, 0.25) is 0 Å². The summed E-state index contributed by atoms with van der Waals surface area (Å²) >= 11 is 0. The van der Waals surface area contributed by atoms with E-state index in [0.29, 0.717) is 5.89 Å². The molecule has 4 heteroatoms. The quantitative estimate of drug-likeness (QED) is 0.567. The van der Waals surface area contributed by atoms with Crippen molar-refractivity contribution in [2.75, 3.05) is 0 Å². The summed E-state index contributed by atoms with van der Waals surface area (Å²) < 4.78 is 4.66. The molecular weight excluding hydrogens is 120 g/mol. The molecule has 0 spiro atoms. The first-order chi connectivity index (χ1) is 4.31. The van der Waals surface area contributed by atoms with Gasteiger partial charge in [-0.15, -0.1) is 10.2 Å². The van der Waals surface area contributed by atoms with Gasteiger partial charge in [0.2, 0.25) is 5.89 Å². The Morgan fingerprint density at radius 1 is 1.67 bits per heavy atom. The van der Waals surface area contributed by atoms with E-state index >= 15 is 0 Å². The van der Waals surface area contributed by atoms with Gasteiger partial charge in [0, 0.05) is 0 Å². The van der Waals surface area contributed by atoms with Gasteiger partial charge in [-0.05, 0) is 12.8 Å². The largest absolute Gasteiger partial charge is 0.414 e. The van der Waals surface area contributed by atoms with E-state index in [4.69, 9.17) is 0 Å². The van der Waals surface area contributed by atoms with Crippen LogP contribution in [0.4, 0.5) is 0 Å². The Kier molecular flexibility index (Phi) is 0.728. The second-order valence-corrected chi connectivity index (χ2v) is 2.23. The van der Waals surface area contributed by atoms with Crippen LogP contribution in [0, 0.1) is 6.39 Å². The van der Waals surface area contributed by atoms with Crippen LogP contribution in [0.15, 0.2) is 4.42 Å². The molecule has 0 aromatic carbocycles. The van der Waals surface area contributed by atoms with Gasteiger partial charge in [-0.3, -0.25) is 0 Å². The third-order valence-corrected chi connectivity index (χ3v) is 1.45. The minimum atomic E-state index is -0.799. The summed E-state index contributed by atoms with van der Waals surface area (Å²) in [6.07, 6.45) is 3.63. The van der Waals surface area contributed by atoms with Gasteiger partial charge in [0.15, 0.2) is 0 Å². The molecule has 1 fully saturated rings. The summed E-state index contributed by atoms with van der Waals surface area (Å²) in [5.74, 6) is 0.294. The minimum absolute atomic E-state index is 0.294. The summed E-state index contributed by atoms with van der Waals surface area (Å²) in [5.41, 5.74) is -0.799. The molecule has 0 atom stereocenters. The van der Waals surface area contributed by atoms with Crippen LogP contribution < -0.4 is 0 Å². The smallest absolute Gasteiger partial charge is 0.306 e. The molecule has 2 rings (SSSR count). The van der Waals surface area contributed by atoms with Crippen LogP contribution in [0.1, 0.15) is 18.7 Å². The normalized spacial score (nSPS) is 21.9. The number of aromatic nitrogens is 2. The van der Waals surface area contributed by atoms with Gasteiger partial charge in [0.05, 0.1) is 0 Å². The van der Waals surface area contributed by atoms with E-state index in [2.05, 4.69) is 21.0 Å². The molecule has 47 valence electrons. The highest BCUT2D eigenvalue weighted by Gasteiger charge is 2.47. The average Bonchev–Trinajstić information content (AvgIpc) is 2.46. The Balaban J connectivity index is 2.34. The van der Waals surface area contributed by atoms with Gasteiger partial charge in [-0.25, -0.2) is 0 Å². The standard InChI is InChI=1S/C5H5N2O2/c8-5(1-2-5)4-7-6-3-9-4/h8H,1-2H2. The van der Waals surface area contributed by atoms with E-state index in [1.165, 1.54) is 0 Å². The molecule has 0 bridgehead atoms. The number of hydrogen-bond donors (Lipinski definition) is 1. The summed E-state index contributed by atoms with van der Waals surface area (Å²) in [6.45, 7) is 0. The Morgan fingerprint density at radius 3 is 2.89 bits per heavy atom. The molecule has 4 nitrogen and oxygen atoms in total. The molecule has 1 heterocycles. The maximum absolute atomic E-state index is 9.27. The predicted molar refractivity (Wildman–Crippen MR) is 26.3 cm³/mol. The van der Waals surface area contributed by atoms with E-state index < -0.39 is 5.60 Å². The van der Waals surface area contributed by atoms with Gasteiger partial charge in [0.25, 0.3) is 0 Å². The number of nitrogens with zero attached hydrogens (tertiary/aromatic N) is 2. The minimum Gasteiger partial charge on any atom is -0.414 e. The fraction of sp³-hybridized carbons (Fsp3) is 0.600. The fourth-order valence-corrected chi connectivity index (χ4v) is 0.670. The monoisotopic (exact) mass is 125 g/mol. The van der Waals surface area contributed by atoms with Crippen LogP contribution >= 0.6 is 0 Å².